The SMILES string of the molecule is Cc1cc(NC(=O)c2ccc(S(=O)(=O)N(C)C)cc2)ccc1N1CCCC1=O. The van der Waals surface area contributed by atoms with E-state index in [4.69, 9.17) is 0 Å². The molecule has 0 unspecified atom stereocenters. The Hall–Kier alpha value is -2.71. The summed E-state index contributed by atoms with van der Waals surface area (Å²) < 4.78 is 25.3. The lowest BCUT2D eigenvalue weighted by molar-refractivity contribution is -0.117. The van der Waals surface area contributed by atoms with E-state index >= 15 is 0 Å². The van der Waals surface area contributed by atoms with Gasteiger partial charge in [-0.25, -0.2) is 12.7 Å². The van der Waals surface area contributed by atoms with Crippen LogP contribution in [0.1, 0.15) is 28.8 Å². The summed E-state index contributed by atoms with van der Waals surface area (Å²) in [5, 5.41) is 2.81. The molecule has 0 aliphatic carbocycles. The molecule has 0 radical (unpaired) electrons. The summed E-state index contributed by atoms with van der Waals surface area (Å²) in [6.45, 7) is 2.62. The minimum Gasteiger partial charge on any atom is -0.322 e. The lowest BCUT2D eigenvalue weighted by Crippen LogP contribution is -2.24. The molecule has 0 aromatic heterocycles. The van der Waals surface area contributed by atoms with Crippen LogP contribution in [0.25, 0.3) is 0 Å². The Morgan fingerprint density at radius 3 is 2.32 bits per heavy atom. The zero-order valence-corrected chi connectivity index (χ0v) is 16.9. The molecule has 1 aliphatic rings. The Kier molecular flexibility index (Phi) is 5.53. The number of sulfonamides is 1. The van der Waals surface area contributed by atoms with E-state index in [1.165, 1.54) is 38.4 Å². The van der Waals surface area contributed by atoms with Crippen LogP contribution < -0.4 is 10.2 Å². The Labute approximate surface area is 165 Å². The summed E-state index contributed by atoms with van der Waals surface area (Å²) in [6.07, 6.45) is 1.42. The number of anilines is 2. The van der Waals surface area contributed by atoms with Crippen molar-refractivity contribution in [2.75, 3.05) is 30.9 Å². The van der Waals surface area contributed by atoms with Crippen molar-refractivity contribution in [2.45, 2.75) is 24.7 Å². The van der Waals surface area contributed by atoms with Gasteiger partial charge in [0.1, 0.15) is 0 Å². The molecule has 0 atom stereocenters. The fraction of sp³-hybridized carbons (Fsp3) is 0.300. The number of hydrogen-bond donors (Lipinski definition) is 1. The third kappa shape index (κ3) is 3.93. The number of nitrogens with zero attached hydrogens (tertiary/aromatic N) is 2. The summed E-state index contributed by atoms with van der Waals surface area (Å²) >= 11 is 0. The van der Waals surface area contributed by atoms with Crippen molar-refractivity contribution in [2.24, 2.45) is 0 Å². The van der Waals surface area contributed by atoms with Crippen LogP contribution in [0, 0.1) is 6.92 Å². The van der Waals surface area contributed by atoms with E-state index in [1.54, 1.807) is 11.0 Å². The number of carbonyl (C=O) groups excluding carboxylic acids is 2. The predicted molar refractivity (Wildman–Crippen MR) is 108 cm³/mol. The van der Waals surface area contributed by atoms with Gasteiger partial charge in [0.2, 0.25) is 15.9 Å². The minimum atomic E-state index is -3.53. The molecule has 0 bridgehead atoms. The van der Waals surface area contributed by atoms with Crippen LogP contribution in [0.15, 0.2) is 47.4 Å². The first-order chi connectivity index (χ1) is 13.2. The highest BCUT2D eigenvalue weighted by Gasteiger charge is 2.23. The first-order valence-electron chi connectivity index (χ1n) is 8.95. The molecule has 0 spiro atoms. The highest BCUT2D eigenvalue weighted by Crippen LogP contribution is 2.27. The molecule has 3 rings (SSSR count). The molecule has 2 aromatic rings. The molecule has 148 valence electrons. The standard InChI is InChI=1S/C20H23N3O4S/c1-14-13-16(8-11-18(14)23-12-4-5-19(23)24)21-20(25)15-6-9-17(10-7-15)28(26,27)22(2)3/h6-11,13H,4-5,12H2,1-3H3,(H,21,25). The first kappa shape index (κ1) is 20.0. The smallest absolute Gasteiger partial charge is 0.255 e. The third-order valence-electron chi connectivity index (χ3n) is 4.71. The molecule has 7 nitrogen and oxygen atoms in total. The molecule has 1 heterocycles. The van der Waals surface area contributed by atoms with Crippen LogP contribution in [-0.4, -0.2) is 45.2 Å². The molecule has 1 saturated heterocycles. The van der Waals surface area contributed by atoms with E-state index in [2.05, 4.69) is 5.32 Å². The van der Waals surface area contributed by atoms with Crippen molar-refractivity contribution in [3.8, 4) is 0 Å². The molecular formula is C20H23N3O4S. The van der Waals surface area contributed by atoms with Crippen LogP contribution >= 0.6 is 0 Å². The van der Waals surface area contributed by atoms with Gasteiger partial charge in [0.15, 0.2) is 0 Å². The monoisotopic (exact) mass is 401 g/mol. The van der Waals surface area contributed by atoms with Gasteiger partial charge in [-0.2, -0.15) is 0 Å². The van der Waals surface area contributed by atoms with Gasteiger partial charge < -0.3 is 10.2 Å². The van der Waals surface area contributed by atoms with Crippen molar-refractivity contribution < 1.29 is 18.0 Å². The zero-order valence-electron chi connectivity index (χ0n) is 16.1. The Morgan fingerprint density at radius 1 is 1.11 bits per heavy atom. The maximum Gasteiger partial charge on any atom is 0.255 e. The normalized spacial score (nSPS) is 14.6. The molecule has 28 heavy (non-hydrogen) atoms. The van der Waals surface area contributed by atoms with E-state index in [0.717, 1.165) is 22.0 Å². The Balaban J connectivity index is 1.74. The average molecular weight is 401 g/mol. The highest BCUT2D eigenvalue weighted by molar-refractivity contribution is 7.89. The fourth-order valence-corrected chi connectivity index (χ4v) is 4.03. The number of hydrogen-bond acceptors (Lipinski definition) is 4. The lowest BCUT2D eigenvalue weighted by Gasteiger charge is -2.19. The number of nitrogens with one attached hydrogen (secondary N) is 1. The molecular weight excluding hydrogens is 378 g/mol. The van der Waals surface area contributed by atoms with Crippen molar-refractivity contribution in [3.63, 3.8) is 0 Å². The van der Waals surface area contributed by atoms with E-state index < -0.39 is 10.0 Å². The largest absolute Gasteiger partial charge is 0.322 e. The quantitative estimate of drug-likeness (QED) is 0.834. The fourth-order valence-electron chi connectivity index (χ4n) is 3.13. The number of benzene rings is 2. The molecule has 1 N–H and O–H groups in total. The molecule has 8 heteroatoms. The zero-order chi connectivity index (χ0) is 20.5. The lowest BCUT2D eigenvalue weighted by atomic mass is 10.1. The predicted octanol–water partition coefficient (Wildman–Crippen LogP) is 2.62. The average Bonchev–Trinajstić information content (AvgIpc) is 3.07. The first-order valence-corrected chi connectivity index (χ1v) is 10.4. The molecule has 2 aromatic carbocycles. The van der Waals surface area contributed by atoms with Gasteiger partial charge in [-0.15, -0.1) is 0 Å². The number of carbonyl (C=O) groups is 2. The van der Waals surface area contributed by atoms with E-state index in [0.29, 0.717) is 24.2 Å². The summed E-state index contributed by atoms with van der Waals surface area (Å²) in [4.78, 5) is 26.3. The van der Waals surface area contributed by atoms with Gasteiger partial charge in [-0.1, -0.05) is 0 Å². The van der Waals surface area contributed by atoms with Gasteiger partial charge in [0, 0.05) is 44.0 Å². The van der Waals surface area contributed by atoms with Crippen LogP contribution in [0.2, 0.25) is 0 Å². The highest BCUT2D eigenvalue weighted by atomic mass is 32.2. The molecule has 0 saturated carbocycles. The van der Waals surface area contributed by atoms with Crippen molar-refractivity contribution in [3.05, 3.63) is 53.6 Å². The van der Waals surface area contributed by atoms with E-state index in [-0.39, 0.29) is 16.7 Å². The Morgan fingerprint density at radius 2 is 1.79 bits per heavy atom. The summed E-state index contributed by atoms with van der Waals surface area (Å²) in [5.41, 5.74) is 2.73. The summed E-state index contributed by atoms with van der Waals surface area (Å²) in [5.74, 6) is -0.217. The van der Waals surface area contributed by atoms with Crippen LogP contribution in [0.3, 0.4) is 0 Å². The molecule has 2 amide bonds. The summed E-state index contributed by atoms with van der Waals surface area (Å²) in [7, 11) is -0.620. The molecule has 1 aliphatic heterocycles. The second-order valence-electron chi connectivity index (χ2n) is 6.92. The summed E-state index contributed by atoms with van der Waals surface area (Å²) in [6, 6.07) is 11.2. The number of aryl methyl sites for hydroxylation is 1. The van der Waals surface area contributed by atoms with Gasteiger partial charge in [0.05, 0.1) is 4.90 Å². The van der Waals surface area contributed by atoms with Crippen molar-refractivity contribution in [1.29, 1.82) is 0 Å². The van der Waals surface area contributed by atoms with Gasteiger partial charge >= 0.3 is 0 Å². The topological polar surface area (TPSA) is 86.8 Å². The van der Waals surface area contributed by atoms with Crippen LogP contribution in [0.4, 0.5) is 11.4 Å². The second-order valence-corrected chi connectivity index (χ2v) is 9.07. The third-order valence-corrected chi connectivity index (χ3v) is 6.54. The van der Waals surface area contributed by atoms with Gasteiger partial charge in [0.25, 0.3) is 5.91 Å². The number of rotatable bonds is 5. The van der Waals surface area contributed by atoms with Crippen LogP contribution in [0.5, 0.6) is 0 Å². The second kappa shape index (κ2) is 7.73. The van der Waals surface area contributed by atoms with Crippen molar-refractivity contribution >= 4 is 33.2 Å². The maximum absolute atomic E-state index is 12.5. The van der Waals surface area contributed by atoms with E-state index in [1.807, 2.05) is 19.1 Å². The van der Waals surface area contributed by atoms with Crippen molar-refractivity contribution in [1.82, 2.24) is 4.31 Å². The van der Waals surface area contributed by atoms with Gasteiger partial charge in [-0.3, -0.25) is 9.59 Å². The van der Waals surface area contributed by atoms with E-state index in [9.17, 15) is 18.0 Å². The molecule has 1 fully saturated rings. The minimum absolute atomic E-state index is 0.118. The Bertz CT molecular complexity index is 1010. The maximum atomic E-state index is 12.5. The number of amides is 2. The van der Waals surface area contributed by atoms with Crippen LogP contribution in [-0.2, 0) is 14.8 Å². The van der Waals surface area contributed by atoms with Gasteiger partial charge in [-0.05, 0) is 61.4 Å².